The highest BCUT2D eigenvalue weighted by Gasteiger charge is 2.15. The number of benzene rings is 2. The van der Waals surface area contributed by atoms with E-state index in [1.165, 1.54) is 31.4 Å². The van der Waals surface area contributed by atoms with E-state index >= 15 is 0 Å². The van der Waals surface area contributed by atoms with Crippen molar-refractivity contribution in [2.45, 2.75) is 19.9 Å². The van der Waals surface area contributed by atoms with Gasteiger partial charge in [0.1, 0.15) is 17.6 Å². The first kappa shape index (κ1) is 18.4. The van der Waals surface area contributed by atoms with Gasteiger partial charge in [-0.3, -0.25) is 4.79 Å². The van der Waals surface area contributed by atoms with E-state index in [0.717, 1.165) is 0 Å². The summed E-state index contributed by atoms with van der Waals surface area (Å²) >= 11 is 0. The van der Waals surface area contributed by atoms with Crippen molar-refractivity contribution in [2.75, 3.05) is 17.7 Å². The Morgan fingerprint density at radius 3 is 2.74 bits per heavy atom. The van der Waals surface area contributed by atoms with Gasteiger partial charge in [0.2, 0.25) is 5.89 Å². The zero-order chi connectivity index (χ0) is 19.4. The Balaban J connectivity index is 1.80. The van der Waals surface area contributed by atoms with Crippen molar-refractivity contribution in [2.24, 2.45) is 0 Å². The van der Waals surface area contributed by atoms with Gasteiger partial charge < -0.3 is 19.9 Å². The lowest BCUT2D eigenvalue weighted by molar-refractivity contribution is 0.102. The smallest absolute Gasteiger partial charge is 0.255 e. The maximum absolute atomic E-state index is 13.3. The van der Waals surface area contributed by atoms with Crippen molar-refractivity contribution in [1.29, 1.82) is 0 Å². The third-order valence-corrected chi connectivity index (χ3v) is 3.83. The number of amides is 1. The second-order valence-electron chi connectivity index (χ2n) is 5.93. The number of nitrogens with one attached hydrogen (secondary N) is 2. The average Bonchev–Trinajstić information content (AvgIpc) is 3.08. The predicted octanol–water partition coefficient (Wildman–Crippen LogP) is 3.95. The molecule has 3 rings (SSSR count). The fraction of sp³-hybridized carbons (Fsp3) is 0.211. The van der Waals surface area contributed by atoms with Crippen molar-refractivity contribution in [3.63, 3.8) is 0 Å². The Morgan fingerprint density at radius 1 is 1.26 bits per heavy atom. The first-order valence-electron chi connectivity index (χ1n) is 8.28. The molecule has 7 nitrogen and oxygen atoms in total. The standard InChI is InChI=1S/C19H19FN4O3/c1-11(19-22-12(2)24-27-19)21-15-7-8-17(26-3)16(10-15)23-18(25)13-5-4-6-14(20)9-13/h4-11,21H,1-3H3,(H,23,25)/t11-/m1/s1. The summed E-state index contributed by atoms with van der Waals surface area (Å²) in [6, 6.07) is 10.5. The number of nitrogens with zero attached hydrogens (tertiary/aromatic N) is 2. The molecule has 0 spiro atoms. The molecule has 0 radical (unpaired) electrons. The summed E-state index contributed by atoms with van der Waals surface area (Å²) in [6.45, 7) is 3.62. The van der Waals surface area contributed by atoms with Crippen LogP contribution in [-0.4, -0.2) is 23.2 Å². The molecule has 140 valence electrons. The molecule has 0 unspecified atom stereocenters. The molecule has 0 aliphatic carbocycles. The minimum absolute atomic E-state index is 0.213. The number of carbonyl (C=O) groups is 1. The van der Waals surface area contributed by atoms with Crippen molar-refractivity contribution < 1.29 is 18.4 Å². The Kier molecular flexibility index (Phi) is 5.35. The van der Waals surface area contributed by atoms with Gasteiger partial charge in [-0.15, -0.1) is 0 Å². The van der Waals surface area contributed by atoms with E-state index in [1.807, 2.05) is 6.92 Å². The molecule has 0 aliphatic rings. The number of hydrogen-bond acceptors (Lipinski definition) is 6. The van der Waals surface area contributed by atoms with Crippen LogP contribution in [0.25, 0.3) is 0 Å². The number of carbonyl (C=O) groups excluding carboxylic acids is 1. The third kappa shape index (κ3) is 4.41. The Labute approximate surface area is 155 Å². The second-order valence-corrected chi connectivity index (χ2v) is 5.93. The van der Waals surface area contributed by atoms with Gasteiger partial charge >= 0.3 is 0 Å². The maximum Gasteiger partial charge on any atom is 0.255 e. The summed E-state index contributed by atoms with van der Waals surface area (Å²) < 4.78 is 23.8. The van der Waals surface area contributed by atoms with Crippen LogP contribution in [0, 0.1) is 12.7 Å². The summed E-state index contributed by atoms with van der Waals surface area (Å²) in [5.41, 5.74) is 1.38. The molecule has 0 saturated heterocycles. The van der Waals surface area contributed by atoms with Crippen LogP contribution in [0.5, 0.6) is 5.75 Å². The molecule has 0 aliphatic heterocycles. The Morgan fingerprint density at radius 2 is 2.07 bits per heavy atom. The van der Waals surface area contributed by atoms with Crippen molar-refractivity contribution >= 4 is 17.3 Å². The van der Waals surface area contributed by atoms with Gasteiger partial charge in [0.05, 0.1) is 12.8 Å². The Hall–Kier alpha value is -3.42. The Bertz CT molecular complexity index is 958. The van der Waals surface area contributed by atoms with E-state index in [9.17, 15) is 9.18 Å². The number of aryl methyl sites for hydroxylation is 1. The summed E-state index contributed by atoms with van der Waals surface area (Å²) in [5.74, 6) is 0.566. The number of ether oxygens (including phenoxy) is 1. The van der Waals surface area contributed by atoms with Gasteiger partial charge in [-0.25, -0.2) is 4.39 Å². The molecule has 1 atom stereocenters. The molecule has 1 aromatic heterocycles. The van der Waals surface area contributed by atoms with Gasteiger partial charge in [-0.1, -0.05) is 11.2 Å². The minimum Gasteiger partial charge on any atom is -0.495 e. The first-order chi connectivity index (χ1) is 13.0. The number of rotatable bonds is 6. The van der Waals surface area contributed by atoms with Crippen molar-refractivity contribution in [1.82, 2.24) is 10.1 Å². The molecular formula is C19H19FN4O3. The molecule has 27 heavy (non-hydrogen) atoms. The highest BCUT2D eigenvalue weighted by Crippen LogP contribution is 2.30. The summed E-state index contributed by atoms with van der Waals surface area (Å²) in [5, 5.41) is 9.73. The maximum atomic E-state index is 13.3. The van der Waals surface area contributed by atoms with Crippen molar-refractivity contribution in [3.8, 4) is 5.75 Å². The molecule has 1 heterocycles. The van der Waals surface area contributed by atoms with E-state index in [4.69, 9.17) is 9.26 Å². The summed E-state index contributed by atoms with van der Waals surface area (Å²) in [6.07, 6.45) is 0. The van der Waals surface area contributed by atoms with Gasteiger partial charge in [-0.2, -0.15) is 4.98 Å². The van der Waals surface area contributed by atoms with E-state index in [-0.39, 0.29) is 11.6 Å². The lowest BCUT2D eigenvalue weighted by Crippen LogP contribution is -2.13. The van der Waals surface area contributed by atoms with E-state index in [0.29, 0.717) is 28.8 Å². The highest BCUT2D eigenvalue weighted by molar-refractivity contribution is 6.05. The van der Waals surface area contributed by atoms with Gasteiger partial charge in [0, 0.05) is 11.3 Å². The predicted molar refractivity (Wildman–Crippen MR) is 98.4 cm³/mol. The number of halogens is 1. The van der Waals surface area contributed by atoms with Crippen LogP contribution in [0.2, 0.25) is 0 Å². The van der Waals surface area contributed by atoms with Crippen LogP contribution < -0.4 is 15.4 Å². The lowest BCUT2D eigenvalue weighted by atomic mass is 10.2. The van der Waals surface area contributed by atoms with Crippen LogP contribution in [-0.2, 0) is 0 Å². The minimum atomic E-state index is -0.478. The monoisotopic (exact) mass is 370 g/mol. The van der Waals surface area contributed by atoms with Crippen LogP contribution in [0.3, 0.4) is 0 Å². The summed E-state index contributed by atoms with van der Waals surface area (Å²) in [7, 11) is 1.50. The molecular weight excluding hydrogens is 351 g/mol. The zero-order valence-electron chi connectivity index (χ0n) is 15.1. The molecule has 2 N–H and O–H groups in total. The second kappa shape index (κ2) is 7.86. The third-order valence-electron chi connectivity index (χ3n) is 3.83. The van der Waals surface area contributed by atoms with Gasteiger partial charge in [-0.05, 0) is 50.2 Å². The van der Waals surface area contributed by atoms with E-state index in [2.05, 4.69) is 20.8 Å². The molecule has 0 saturated carbocycles. The topological polar surface area (TPSA) is 89.3 Å². The van der Waals surface area contributed by atoms with Gasteiger partial charge in [0.15, 0.2) is 5.82 Å². The quantitative estimate of drug-likeness (QED) is 0.683. The molecule has 1 amide bonds. The van der Waals surface area contributed by atoms with E-state index < -0.39 is 11.7 Å². The van der Waals surface area contributed by atoms with Crippen LogP contribution in [0.15, 0.2) is 47.0 Å². The van der Waals surface area contributed by atoms with E-state index in [1.54, 1.807) is 25.1 Å². The van der Waals surface area contributed by atoms with Crippen LogP contribution in [0.4, 0.5) is 15.8 Å². The number of anilines is 2. The first-order valence-corrected chi connectivity index (χ1v) is 8.28. The fourth-order valence-corrected chi connectivity index (χ4v) is 2.52. The number of aromatic nitrogens is 2. The molecule has 0 fully saturated rings. The molecule has 0 bridgehead atoms. The summed E-state index contributed by atoms with van der Waals surface area (Å²) in [4.78, 5) is 16.6. The number of methoxy groups -OCH3 is 1. The SMILES string of the molecule is COc1ccc(N[C@H](C)c2nc(C)no2)cc1NC(=O)c1cccc(F)c1. The largest absolute Gasteiger partial charge is 0.495 e. The molecule has 2 aromatic carbocycles. The van der Waals surface area contributed by atoms with Gasteiger partial charge in [0.25, 0.3) is 5.91 Å². The fourth-order valence-electron chi connectivity index (χ4n) is 2.52. The van der Waals surface area contributed by atoms with Crippen LogP contribution >= 0.6 is 0 Å². The van der Waals surface area contributed by atoms with Crippen LogP contribution in [0.1, 0.15) is 35.0 Å². The number of hydrogen-bond donors (Lipinski definition) is 2. The molecule has 8 heteroatoms. The normalized spacial score (nSPS) is 11.7. The zero-order valence-corrected chi connectivity index (χ0v) is 15.1. The molecule has 3 aromatic rings. The lowest BCUT2D eigenvalue weighted by Gasteiger charge is -2.15. The average molecular weight is 370 g/mol. The van der Waals surface area contributed by atoms with Crippen molar-refractivity contribution in [3.05, 3.63) is 65.6 Å². The highest BCUT2D eigenvalue weighted by atomic mass is 19.1.